The SMILES string of the molecule is CN(Cc1ccc(Cl)s1)c1cnc(C#N)cn1. The van der Waals surface area contributed by atoms with E-state index in [1.807, 2.05) is 30.1 Å². The number of thiophene rings is 1. The van der Waals surface area contributed by atoms with E-state index in [1.54, 1.807) is 17.5 Å². The quantitative estimate of drug-likeness (QED) is 0.855. The molecule has 0 fully saturated rings. The molecule has 6 heteroatoms. The summed E-state index contributed by atoms with van der Waals surface area (Å²) in [5, 5.41) is 8.63. The Hall–Kier alpha value is -1.64. The predicted octanol–water partition coefficient (Wildman–Crippen LogP) is 2.70. The Kier molecular flexibility index (Phi) is 3.57. The first kappa shape index (κ1) is 11.8. The lowest BCUT2D eigenvalue weighted by atomic mass is 10.4. The Morgan fingerprint density at radius 3 is 2.76 bits per heavy atom. The van der Waals surface area contributed by atoms with Gasteiger partial charge in [0.15, 0.2) is 5.69 Å². The molecule has 2 aromatic heterocycles. The Morgan fingerprint density at radius 1 is 1.41 bits per heavy atom. The van der Waals surface area contributed by atoms with Gasteiger partial charge in [0.05, 0.1) is 23.3 Å². The Labute approximate surface area is 108 Å². The van der Waals surface area contributed by atoms with Crippen LogP contribution in [0.4, 0.5) is 5.82 Å². The number of halogens is 1. The van der Waals surface area contributed by atoms with Crippen LogP contribution in [0, 0.1) is 11.3 Å². The van der Waals surface area contributed by atoms with Crippen molar-refractivity contribution in [2.45, 2.75) is 6.54 Å². The summed E-state index contributed by atoms with van der Waals surface area (Å²) in [6.45, 7) is 0.720. The fraction of sp³-hybridized carbons (Fsp3) is 0.182. The van der Waals surface area contributed by atoms with Crippen LogP contribution in [-0.4, -0.2) is 17.0 Å². The molecule has 2 heterocycles. The second-order valence-corrected chi connectivity index (χ2v) is 5.23. The standard InChI is InChI=1S/C11H9ClN4S/c1-16(7-9-2-3-10(12)17-9)11-6-14-8(4-13)5-15-11/h2-3,5-6H,7H2,1H3. The molecule has 86 valence electrons. The summed E-state index contributed by atoms with van der Waals surface area (Å²) in [6, 6.07) is 5.80. The van der Waals surface area contributed by atoms with E-state index < -0.39 is 0 Å². The van der Waals surface area contributed by atoms with Crippen LogP contribution in [0.1, 0.15) is 10.6 Å². The first-order valence-electron chi connectivity index (χ1n) is 4.86. The van der Waals surface area contributed by atoms with Gasteiger partial charge in [-0.2, -0.15) is 5.26 Å². The van der Waals surface area contributed by atoms with Gasteiger partial charge in [0, 0.05) is 11.9 Å². The van der Waals surface area contributed by atoms with Crippen molar-refractivity contribution in [3.8, 4) is 6.07 Å². The maximum absolute atomic E-state index is 8.63. The van der Waals surface area contributed by atoms with Gasteiger partial charge in [0.25, 0.3) is 0 Å². The average Bonchev–Trinajstić information content (AvgIpc) is 2.75. The number of hydrogen-bond donors (Lipinski definition) is 0. The zero-order valence-electron chi connectivity index (χ0n) is 9.09. The lowest BCUT2D eigenvalue weighted by Crippen LogP contribution is -2.17. The molecule has 0 amide bonds. The molecular weight excluding hydrogens is 256 g/mol. The normalized spacial score (nSPS) is 9.94. The summed E-state index contributed by atoms with van der Waals surface area (Å²) in [5.41, 5.74) is 0.321. The maximum atomic E-state index is 8.63. The van der Waals surface area contributed by atoms with Crippen molar-refractivity contribution >= 4 is 28.8 Å². The lowest BCUT2D eigenvalue weighted by Gasteiger charge is -2.16. The van der Waals surface area contributed by atoms with Gasteiger partial charge in [0.1, 0.15) is 11.9 Å². The number of hydrogen-bond acceptors (Lipinski definition) is 5. The summed E-state index contributed by atoms with van der Waals surface area (Å²) in [6.07, 6.45) is 3.06. The molecule has 0 aromatic carbocycles. The van der Waals surface area contributed by atoms with E-state index in [-0.39, 0.29) is 0 Å². The summed E-state index contributed by atoms with van der Waals surface area (Å²) in [5.74, 6) is 0.730. The summed E-state index contributed by atoms with van der Waals surface area (Å²) >= 11 is 7.41. The molecule has 4 nitrogen and oxygen atoms in total. The molecule has 0 saturated carbocycles. The highest BCUT2D eigenvalue weighted by Gasteiger charge is 2.06. The number of rotatable bonds is 3. The van der Waals surface area contributed by atoms with Gasteiger partial charge in [-0.3, -0.25) is 0 Å². The Bertz CT molecular complexity index is 543. The minimum Gasteiger partial charge on any atom is -0.353 e. The van der Waals surface area contributed by atoms with Crippen LogP contribution in [0.5, 0.6) is 0 Å². The zero-order chi connectivity index (χ0) is 12.3. The average molecular weight is 265 g/mol. The molecule has 0 N–H and O–H groups in total. The fourth-order valence-electron chi connectivity index (χ4n) is 1.33. The van der Waals surface area contributed by atoms with Crippen LogP contribution in [0.3, 0.4) is 0 Å². The minimum absolute atomic E-state index is 0.321. The van der Waals surface area contributed by atoms with E-state index in [9.17, 15) is 0 Å². The fourth-order valence-corrected chi connectivity index (χ4v) is 2.47. The number of anilines is 1. The van der Waals surface area contributed by atoms with Crippen molar-refractivity contribution < 1.29 is 0 Å². The molecule has 0 bridgehead atoms. The monoisotopic (exact) mass is 264 g/mol. The van der Waals surface area contributed by atoms with Gasteiger partial charge in [-0.15, -0.1) is 11.3 Å². The molecule has 0 radical (unpaired) electrons. The largest absolute Gasteiger partial charge is 0.353 e. The molecule has 2 rings (SSSR count). The highest BCUT2D eigenvalue weighted by molar-refractivity contribution is 7.16. The van der Waals surface area contributed by atoms with Crippen LogP contribution in [-0.2, 0) is 6.54 Å². The van der Waals surface area contributed by atoms with Crippen molar-refractivity contribution in [3.05, 3.63) is 39.4 Å². The third kappa shape index (κ3) is 2.93. The molecule has 0 aliphatic rings. The zero-order valence-corrected chi connectivity index (χ0v) is 10.7. The van der Waals surface area contributed by atoms with Gasteiger partial charge in [-0.1, -0.05) is 11.6 Å². The van der Waals surface area contributed by atoms with E-state index in [2.05, 4.69) is 9.97 Å². The van der Waals surface area contributed by atoms with Gasteiger partial charge in [0.2, 0.25) is 0 Å². The number of nitriles is 1. The van der Waals surface area contributed by atoms with E-state index in [4.69, 9.17) is 16.9 Å². The van der Waals surface area contributed by atoms with Crippen molar-refractivity contribution in [3.63, 3.8) is 0 Å². The molecule has 0 unspecified atom stereocenters. The highest BCUT2D eigenvalue weighted by Crippen LogP contribution is 2.23. The summed E-state index contributed by atoms with van der Waals surface area (Å²) < 4.78 is 0.777. The maximum Gasteiger partial charge on any atom is 0.158 e. The van der Waals surface area contributed by atoms with E-state index >= 15 is 0 Å². The van der Waals surface area contributed by atoms with E-state index in [0.29, 0.717) is 5.69 Å². The second kappa shape index (κ2) is 5.13. The molecule has 0 atom stereocenters. The van der Waals surface area contributed by atoms with Crippen LogP contribution in [0.2, 0.25) is 4.34 Å². The first-order valence-corrected chi connectivity index (χ1v) is 6.06. The van der Waals surface area contributed by atoms with Crippen LogP contribution in [0.25, 0.3) is 0 Å². The van der Waals surface area contributed by atoms with Crippen LogP contribution in [0.15, 0.2) is 24.5 Å². The smallest absolute Gasteiger partial charge is 0.158 e. The Morgan fingerprint density at radius 2 is 2.24 bits per heavy atom. The van der Waals surface area contributed by atoms with Crippen molar-refractivity contribution in [2.24, 2.45) is 0 Å². The third-order valence-electron chi connectivity index (χ3n) is 2.17. The molecule has 0 spiro atoms. The molecule has 0 aliphatic carbocycles. The molecule has 0 saturated heterocycles. The van der Waals surface area contributed by atoms with E-state index in [0.717, 1.165) is 21.6 Å². The lowest BCUT2D eigenvalue weighted by molar-refractivity contribution is 0.901. The summed E-state index contributed by atoms with van der Waals surface area (Å²) in [4.78, 5) is 11.3. The summed E-state index contributed by atoms with van der Waals surface area (Å²) in [7, 11) is 1.92. The molecule has 2 aromatic rings. The number of nitrogens with zero attached hydrogens (tertiary/aromatic N) is 4. The van der Waals surface area contributed by atoms with Gasteiger partial charge >= 0.3 is 0 Å². The minimum atomic E-state index is 0.321. The van der Waals surface area contributed by atoms with E-state index in [1.165, 1.54) is 6.20 Å². The topological polar surface area (TPSA) is 52.8 Å². The van der Waals surface area contributed by atoms with Gasteiger partial charge < -0.3 is 4.90 Å². The molecule has 0 aliphatic heterocycles. The number of aromatic nitrogens is 2. The second-order valence-electron chi connectivity index (χ2n) is 3.43. The van der Waals surface area contributed by atoms with Gasteiger partial charge in [-0.05, 0) is 12.1 Å². The molecular formula is C11H9ClN4S. The van der Waals surface area contributed by atoms with Crippen molar-refractivity contribution in [1.29, 1.82) is 5.26 Å². The van der Waals surface area contributed by atoms with Crippen LogP contribution >= 0.6 is 22.9 Å². The van der Waals surface area contributed by atoms with Crippen molar-refractivity contribution in [2.75, 3.05) is 11.9 Å². The first-order chi connectivity index (χ1) is 8.19. The third-order valence-corrected chi connectivity index (χ3v) is 3.38. The van der Waals surface area contributed by atoms with Crippen LogP contribution < -0.4 is 4.90 Å². The Balaban J connectivity index is 2.09. The predicted molar refractivity (Wildman–Crippen MR) is 68.2 cm³/mol. The molecule has 17 heavy (non-hydrogen) atoms. The van der Waals surface area contributed by atoms with Crippen molar-refractivity contribution in [1.82, 2.24) is 9.97 Å². The highest BCUT2D eigenvalue weighted by atomic mass is 35.5. The van der Waals surface area contributed by atoms with Gasteiger partial charge in [-0.25, -0.2) is 9.97 Å².